The lowest BCUT2D eigenvalue weighted by Gasteiger charge is -2.03. The molecule has 0 aliphatic rings. The number of aryl methyl sites for hydroxylation is 1. The van der Waals surface area contributed by atoms with E-state index in [-0.39, 0.29) is 5.91 Å². The van der Waals surface area contributed by atoms with E-state index in [1.54, 1.807) is 29.8 Å². The van der Waals surface area contributed by atoms with Gasteiger partial charge in [0.2, 0.25) is 0 Å². The Morgan fingerprint density at radius 2 is 2.37 bits per heavy atom. The molecule has 2 aromatic heterocycles. The van der Waals surface area contributed by atoms with E-state index in [4.69, 9.17) is 0 Å². The Labute approximate surface area is 113 Å². The SMILES string of the molecule is Cc1nc(CNC(=O)c2ccc3nc[nH]c3c2)cs1. The molecule has 3 rings (SSSR count). The molecule has 1 amide bonds. The Morgan fingerprint density at radius 3 is 3.16 bits per heavy atom. The molecule has 0 atom stereocenters. The van der Waals surface area contributed by atoms with Crippen molar-refractivity contribution < 1.29 is 4.79 Å². The maximum Gasteiger partial charge on any atom is 0.251 e. The third kappa shape index (κ3) is 2.48. The van der Waals surface area contributed by atoms with Gasteiger partial charge in [-0.3, -0.25) is 4.79 Å². The summed E-state index contributed by atoms with van der Waals surface area (Å²) in [6.45, 7) is 2.40. The number of aromatic nitrogens is 3. The first-order valence-electron chi connectivity index (χ1n) is 5.85. The van der Waals surface area contributed by atoms with Crippen molar-refractivity contribution in [1.82, 2.24) is 20.3 Å². The smallest absolute Gasteiger partial charge is 0.251 e. The van der Waals surface area contributed by atoms with Crippen LogP contribution < -0.4 is 5.32 Å². The minimum Gasteiger partial charge on any atom is -0.346 e. The van der Waals surface area contributed by atoms with Crippen molar-refractivity contribution >= 4 is 28.3 Å². The van der Waals surface area contributed by atoms with Crippen molar-refractivity contribution in [3.05, 3.63) is 46.2 Å². The molecule has 0 radical (unpaired) electrons. The highest BCUT2D eigenvalue weighted by atomic mass is 32.1. The minimum absolute atomic E-state index is 0.109. The highest BCUT2D eigenvalue weighted by Crippen LogP contribution is 2.12. The normalized spacial score (nSPS) is 10.8. The van der Waals surface area contributed by atoms with Crippen molar-refractivity contribution in [3.8, 4) is 0 Å². The number of imidazole rings is 1. The van der Waals surface area contributed by atoms with E-state index in [1.807, 2.05) is 18.4 Å². The van der Waals surface area contributed by atoms with Crippen molar-refractivity contribution in [2.45, 2.75) is 13.5 Å². The van der Waals surface area contributed by atoms with Crippen LogP contribution in [0.15, 0.2) is 29.9 Å². The van der Waals surface area contributed by atoms with Crippen LogP contribution in [-0.4, -0.2) is 20.9 Å². The molecule has 0 saturated carbocycles. The number of nitrogens with one attached hydrogen (secondary N) is 2. The van der Waals surface area contributed by atoms with Crippen molar-refractivity contribution in [3.63, 3.8) is 0 Å². The minimum atomic E-state index is -0.109. The fraction of sp³-hybridized carbons (Fsp3) is 0.154. The maximum absolute atomic E-state index is 12.0. The summed E-state index contributed by atoms with van der Waals surface area (Å²) in [6, 6.07) is 5.39. The second-order valence-electron chi connectivity index (χ2n) is 4.18. The fourth-order valence-electron chi connectivity index (χ4n) is 1.84. The van der Waals surface area contributed by atoms with Gasteiger partial charge in [0.1, 0.15) is 0 Å². The zero-order valence-corrected chi connectivity index (χ0v) is 11.1. The molecule has 0 bridgehead atoms. The van der Waals surface area contributed by atoms with Gasteiger partial charge in [0.25, 0.3) is 5.91 Å². The summed E-state index contributed by atoms with van der Waals surface area (Å²) in [5.41, 5.74) is 3.21. The molecule has 0 saturated heterocycles. The molecule has 0 unspecified atom stereocenters. The van der Waals surface area contributed by atoms with Gasteiger partial charge in [-0.2, -0.15) is 0 Å². The van der Waals surface area contributed by atoms with Gasteiger partial charge in [0.15, 0.2) is 0 Å². The van der Waals surface area contributed by atoms with E-state index in [0.717, 1.165) is 21.7 Å². The topological polar surface area (TPSA) is 70.7 Å². The van der Waals surface area contributed by atoms with Crippen molar-refractivity contribution in [1.29, 1.82) is 0 Å². The fourth-order valence-corrected chi connectivity index (χ4v) is 2.45. The van der Waals surface area contributed by atoms with E-state index >= 15 is 0 Å². The van der Waals surface area contributed by atoms with Gasteiger partial charge < -0.3 is 10.3 Å². The molecule has 96 valence electrons. The Morgan fingerprint density at radius 1 is 1.47 bits per heavy atom. The average molecular weight is 272 g/mol. The lowest BCUT2D eigenvalue weighted by atomic mass is 10.2. The Hall–Kier alpha value is -2.21. The van der Waals surface area contributed by atoms with Crippen LogP contribution in [0.2, 0.25) is 0 Å². The summed E-state index contributed by atoms with van der Waals surface area (Å²) in [5, 5.41) is 5.81. The molecule has 6 heteroatoms. The monoisotopic (exact) mass is 272 g/mol. The highest BCUT2D eigenvalue weighted by molar-refractivity contribution is 7.09. The second kappa shape index (κ2) is 4.81. The summed E-state index contributed by atoms with van der Waals surface area (Å²) in [7, 11) is 0. The third-order valence-corrected chi connectivity index (χ3v) is 3.60. The summed E-state index contributed by atoms with van der Waals surface area (Å²) in [4.78, 5) is 23.4. The molecular weight excluding hydrogens is 260 g/mol. The first kappa shape index (κ1) is 11.9. The summed E-state index contributed by atoms with van der Waals surface area (Å²) < 4.78 is 0. The molecule has 2 N–H and O–H groups in total. The number of benzene rings is 1. The lowest BCUT2D eigenvalue weighted by molar-refractivity contribution is 0.0950. The largest absolute Gasteiger partial charge is 0.346 e. The number of thiazole rings is 1. The highest BCUT2D eigenvalue weighted by Gasteiger charge is 2.08. The Kier molecular flexibility index (Phi) is 3.00. The summed E-state index contributed by atoms with van der Waals surface area (Å²) in [5.74, 6) is -0.109. The third-order valence-electron chi connectivity index (χ3n) is 2.78. The summed E-state index contributed by atoms with van der Waals surface area (Å²) >= 11 is 1.58. The Bertz CT molecular complexity index is 731. The molecule has 19 heavy (non-hydrogen) atoms. The molecule has 0 spiro atoms. The van der Waals surface area contributed by atoms with Gasteiger partial charge in [0.05, 0.1) is 34.6 Å². The summed E-state index contributed by atoms with van der Waals surface area (Å²) in [6.07, 6.45) is 1.62. The number of hydrogen-bond acceptors (Lipinski definition) is 4. The van der Waals surface area contributed by atoms with Crippen LogP contribution in [0.25, 0.3) is 11.0 Å². The van der Waals surface area contributed by atoms with Gasteiger partial charge in [-0.1, -0.05) is 0 Å². The molecule has 1 aromatic carbocycles. The van der Waals surface area contributed by atoms with Crippen LogP contribution in [0.4, 0.5) is 0 Å². The first-order valence-corrected chi connectivity index (χ1v) is 6.73. The standard InChI is InChI=1S/C13H12N4OS/c1-8-17-10(6-19-8)5-14-13(18)9-2-3-11-12(4-9)16-7-15-11/h2-4,6-7H,5H2,1H3,(H,14,18)(H,15,16). The van der Waals surface area contributed by atoms with E-state index in [2.05, 4.69) is 20.3 Å². The quantitative estimate of drug-likeness (QED) is 0.768. The van der Waals surface area contributed by atoms with Gasteiger partial charge >= 0.3 is 0 Å². The molecule has 0 aliphatic carbocycles. The van der Waals surface area contributed by atoms with Crippen LogP contribution in [-0.2, 0) is 6.54 Å². The van der Waals surface area contributed by atoms with Crippen molar-refractivity contribution in [2.75, 3.05) is 0 Å². The predicted octanol–water partition coefficient (Wildman–Crippen LogP) is 2.26. The van der Waals surface area contributed by atoms with Crippen LogP contribution in [0, 0.1) is 6.92 Å². The van der Waals surface area contributed by atoms with Gasteiger partial charge in [-0.05, 0) is 25.1 Å². The second-order valence-corrected chi connectivity index (χ2v) is 5.24. The number of fused-ring (bicyclic) bond motifs is 1. The van der Waals surface area contributed by atoms with E-state index in [9.17, 15) is 4.79 Å². The zero-order valence-electron chi connectivity index (χ0n) is 10.3. The van der Waals surface area contributed by atoms with Crippen LogP contribution in [0.1, 0.15) is 21.1 Å². The van der Waals surface area contributed by atoms with Gasteiger partial charge in [-0.15, -0.1) is 11.3 Å². The maximum atomic E-state index is 12.0. The Balaban J connectivity index is 1.72. The molecule has 3 aromatic rings. The molecule has 0 aliphatic heterocycles. The number of aromatic amines is 1. The molecule has 5 nitrogen and oxygen atoms in total. The van der Waals surface area contributed by atoms with Crippen LogP contribution in [0.3, 0.4) is 0 Å². The van der Waals surface area contributed by atoms with Crippen LogP contribution in [0.5, 0.6) is 0 Å². The number of amides is 1. The number of nitrogens with zero attached hydrogens (tertiary/aromatic N) is 2. The lowest BCUT2D eigenvalue weighted by Crippen LogP contribution is -2.22. The number of hydrogen-bond donors (Lipinski definition) is 2. The predicted molar refractivity (Wildman–Crippen MR) is 74.1 cm³/mol. The molecule has 0 fully saturated rings. The van der Waals surface area contributed by atoms with Crippen molar-refractivity contribution in [2.24, 2.45) is 0 Å². The van der Waals surface area contributed by atoms with Crippen LogP contribution >= 0.6 is 11.3 Å². The van der Waals surface area contributed by atoms with Gasteiger partial charge in [0, 0.05) is 10.9 Å². The number of carbonyl (C=O) groups excluding carboxylic acids is 1. The average Bonchev–Trinajstić information content (AvgIpc) is 3.03. The number of H-pyrrole nitrogens is 1. The van der Waals surface area contributed by atoms with E-state index < -0.39 is 0 Å². The van der Waals surface area contributed by atoms with Gasteiger partial charge in [-0.25, -0.2) is 9.97 Å². The molecular formula is C13H12N4OS. The van der Waals surface area contributed by atoms with E-state index in [0.29, 0.717) is 12.1 Å². The zero-order chi connectivity index (χ0) is 13.2. The molecule has 2 heterocycles. The number of carbonyl (C=O) groups is 1. The number of rotatable bonds is 3. The van der Waals surface area contributed by atoms with E-state index in [1.165, 1.54) is 0 Å². The first-order chi connectivity index (χ1) is 9.22.